The normalized spacial score (nSPS) is 17.4. The number of hydrogen-bond acceptors (Lipinski definition) is 4. The molecule has 0 radical (unpaired) electrons. The number of amides is 1. The lowest BCUT2D eigenvalue weighted by Crippen LogP contribution is -2.19. The van der Waals surface area contributed by atoms with Crippen molar-refractivity contribution in [2.24, 2.45) is 4.99 Å². The second-order valence-electron chi connectivity index (χ2n) is 5.51. The molecule has 0 atom stereocenters. The van der Waals surface area contributed by atoms with Crippen LogP contribution in [0.15, 0.2) is 52.4 Å². The smallest absolute Gasteiger partial charge is 0.264 e. The predicted octanol–water partition coefficient (Wildman–Crippen LogP) is 4.20. The van der Waals surface area contributed by atoms with E-state index < -0.39 is 0 Å². The molecule has 0 aliphatic carbocycles. The van der Waals surface area contributed by atoms with Gasteiger partial charge >= 0.3 is 0 Å². The Balaban J connectivity index is 1.88. The highest BCUT2D eigenvalue weighted by molar-refractivity contribution is 8.18. The van der Waals surface area contributed by atoms with Crippen LogP contribution in [0.4, 0.5) is 5.69 Å². The van der Waals surface area contributed by atoms with E-state index in [0.29, 0.717) is 10.1 Å². The van der Waals surface area contributed by atoms with Gasteiger partial charge in [-0.05, 0) is 49.4 Å². The molecule has 1 N–H and O–H groups in total. The Kier molecular flexibility index (Phi) is 4.71. The number of aliphatic imine (C=N–C) groups is 1. The Bertz CT molecular complexity index is 856. The number of thioether (sulfide) groups is 1. The molecule has 1 saturated heterocycles. The van der Waals surface area contributed by atoms with Crippen LogP contribution in [0.25, 0.3) is 6.08 Å². The number of nitrogens with one attached hydrogen (secondary N) is 1. The van der Waals surface area contributed by atoms with Crippen molar-refractivity contribution in [2.45, 2.75) is 13.8 Å². The van der Waals surface area contributed by atoms with Crippen molar-refractivity contribution in [3.63, 3.8) is 0 Å². The highest BCUT2D eigenvalue weighted by Gasteiger charge is 2.24. The van der Waals surface area contributed by atoms with Crippen LogP contribution >= 0.6 is 11.8 Å². The van der Waals surface area contributed by atoms with Crippen molar-refractivity contribution >= 4 is 34.6 Å². The number of carbonyl (C=O) groups excluding carboxylic acids is 1. The van der Waals surface area contributed by atoms with Gasteiger partial charge in [-0.3, -0.25) is 4.79 Å². The molecule has 2 aromatic rings. The van der Waals surface area contributed by atoms with E-state index in [2.05, 4.69) is 16.4 Å². The summed E-state index contributed by atoms with van der Waals surface area (Å²) in [5.74, 6) is 0.590. The fourth-order valence-corrected chi connectivity index (χ4v) is 3.27. The third-order valence-electron chi connectivity index (χ3n) is 3.65. The molecule has 1 aliphatic heterocycles. The van der Waals surface area contributed by atoms with Gasteiger partial charge < -0.3 is 10.1 Å². The van der Waals surface area contributed by atoms with Crippen molar-refractivity contribution in [2.75, 3.05) is 7.11 Å². The largest absolute Gasteiger partial charge is 0.496 e. The minimum Gasteiger partial charge on any atom is -0.496 e. The molecule has 0 bridgehead atoms. The summed E-state index contributed by atoms with van der Waals surface area (Å²) in [7, 11) is 1.62. The van der Waals surface area contributed by atoms with E-state index in [1.807, 2.05) is 56.3 Å². The van der Waals surface area contributed by atoms with Gasteiger partial charge in [-0.2, -0.15) is 0 Å². The molecule has 1 heterocycles. The summed E-state index contributed by atoms with van der Waals surface area (Å²) >= 11 is 1.34. The molecule has 3 rings (SSSR count). The van der Waals surface area contributed by atoms with Crippen molar-refractivity contribution in [3.8, 4) is 5.75 Å². The number of methoxy groups -OCH3 is 1. The summed E-state index contributed by atoms with van der Waals surface area (Å²) in [6.07, 6.45) is 1.82. The zero-order chi connectivity index (χ0) is 17.1. The lowest BCUT2D eigenvalue weighted by molar-refractivity contribution is -0.115. The number of hydrogen-bond donors (Lipinski definition) is 1. The summed E-state index contributed by atoms with van der Waals surface area (Å²) in [6.45, 7) is 4.06. The molecule has 0 saturated carbocycles. The molecule has 4 nitrogen and oxygen atoms in total. The number of aryl methyl sites for hydroxylation is 2. The van der Waals surface area contributed by atoms with Crippen LogP contribution in [-0.2, 0) is 4.79 Å². The highest BCUT2D eigenvalue weighted by Crippen LogP contribution is 2.31. The third kappa shape index (κ3) is 3.51. The second kappa shape index (κ2) is 6.93. The molecule has 0 spiro atoms. The number of benzene rings is 2. The number of amidine groups is 1. The maximum absolute atomic E-state index is 12.2. The third-order valence-corrected chi connectivity index (χ3v) is 4.56. The number of nitrogens with zero attached hydrogens (tertiary/aromatic N) is 1. The summed E-state index contributed by atoms with van der Waals surface area (Å²) in [5.41, 5.74) is 4.00. The molecule has 1 aliphatic rings. The van der Waals surface area contributed by atoms with Crippen molar-refractivity contribution in [3.05, 3.63) is 64.1 Å². The average Bonchev–Trinajstić information content (AvgIpc) is 2.90. The number of ether oxygens (including phenoxy) is 1. The van der Waals surface area contributed by atoms with Crippen LogP contribution in [-0.4, -0.2) is 18.2 Å². The van der Waals surface area contributed by atoms with Gasteiger partial charge in [0.2, 0.25) is 0 Å². The maximum atomic E-state index is 12.2. The summed E-state index contributed by atoms with van der Waals surface area (Å²) in [4.78, 5) is 17.4. The average molecular weight is 338 g/mol. The summed E-state index contributed by atoms with van der Waals surface area (Å²) < 4.78 is 5.32. The van der Waals surface area contributed by atoms with E-state index >= 15 is 0 Å². The minimum absolute atomic E-state index is 0.144. The Morgan fingerprint density at radius 1 is 1.17 bits per heavy atom. The Hall–Kier alpha value is -2.53. The van der Waals surface area contributed by atoms with Gasteiger partial charge in [-0.1, -0.05) is 35.9 Å². The first-order valence-electron chi connectivity index (χ1n) is 7.56. The zero-order valence-corrected chi connectivity index (χ0v) is 14.6. The Labute approximate surface area is 145 Å². The standard InChI is InChI=1S/C19H18N2O2S/c1-12-8-9-15(13(2)10-12)20-19-21-18(22)17(24-19)11-14-6-4-5-7-16(14)23-3/h4-11H,1-3H3,(H,20,21,22). The van der Waals surface area contributed by atoms with E-state index in [-0.39, 0.29) is 5.91 Å². The van der Waals surface area contributed by atoms with Crippen LogP contribution in [0.5, 0.6) is 5.75 Å². The lowest BCUT2D eigenvalue weighted by atomic mass is 10.1. The van der Waals surface area contributed by atoms with E-state index in [1.165, 1.54) is 17.3 Å². The van der Waals surface area contributed by atoms with E-state index in [0.717, 1.165) is 22.6 Å². The first-order chi connectivity index (χ1) is 11.6. The summed E-state index contributed by atoms with van der Waals surface area (Å²) in [5, 5.41) is 3.41. The number of carbonyl (C=O) groups is 1. The van der Waals surface area contributed by atoms with Gasteiger partial charge in [0.1, 0.15) is 5.75 Å². The quantitative estimate of drug-likeness (QED) is 0.853. The highest BCUT2D eigenvalue weighted by atomic mass is 32.2. The molecule has 1 fully saturated rings. The van der Waals surface area contributed by atoms with Crippen LogP contribution in [0.3, 0.4) is 0 Å². The Morgan fingerprint density at radius 3 is 2.71 bits per heavy atom. The van der Waals surface area contributed by atoms with Crippen LogP contribution in [0.2, 0.25) is 0 Å². The van der Waals surface area contributed by atoms with E-state index in [1.54, 1.807) is 7.11 Å². The summed E-state index contributed by atoms with van der Waals surface area (Å²) in [6, 6.07) is 13.7. The molecule has 24 heavy (non-hydrogen) atoms. The number of rotatable bonds is 3. The van der Waals surface area contributed by atoms with Crippen LogP contribution in [0, 0.1) is 13.8 Å². The molecule has 0 unspecified atom stereocenters. The van der Waals surface area contributed by atoms with Gasteiger partial charge in [-0.25, -0.2) is 4.99 Å². The van der Waals surface area contributed by atoms with Gasteiger partial charge in [0, 0.05) is 5.56 Å². The van der Waals surface area contributed by atoms with Gasteiger partial charge in [0.05, 0.1) is 17.7 Å². The topological polar surface area (TPSA) is 50.7 Å². The minimum atomic E-state index is -0.144. The number of para-hydroxylation sites is 1. The van der Waals surface area contributed by atoms with Crippen molar-refractivity contribution < 1.29 is 9.53 Å². The molecule has 1 amide bonds. The second-order valence-corrected chi connectivity index (χ2v) is 6.54. The first kappa shape index (κ1) is 16.3. The van der Waals surface area contributed by atoms with E-state index in [9.17, 15) is 4.79 Å². The zero-order valence-electron chi connectivity index (χ0n) is 13.8. The maximum Gasteiger partial charge on any atom is 0.264 e. The van der Waals surface area contributed by atoms with Crippen LogP contribution in [0.1, 0.15) is 16.7 Å². The Morgan fingerprint density at radius 2 is 1.96 bits per heavy atom. The monoisotopic (exact) mass is 338 g/mol. The van der Waals surface area contributed by atoms with Crippen molar-refractivity contribution in [1.82, 2.24) is 5.32 Å². The van der Waals surface area contributed by atoms with Gasteiger partial charge in [0.25, 0.3) is 5.91 Å². The van der Waals surface area contributed by atoms with Crippen LogP contribution < -0.4 is 10.1 Å². The molecule has 122 valence electrons. The molecule has 0 aromatic heterocycles. The van der Waals surface area contributed by atoms with Gasteiger partial charge in [0.15, 0.2) is 5.17 Å². The fraction of sp³-hybridized carbons (Fsp3) is 0.158. The molecular formula is C19H18N2O2S. The van der Waals surface area contributed by atoms with Crippen molar-refractivity contribution in [1.29, 1.82) is 0 Å². The lowest BCUT2D eigenvalue weighted by Gasteiger charge is -2.03. The SMILES string of the molecule is COc1ccccc1C=C1SC(=Nc2ccc(C)cc2C)NC1=O. The predicted molar refractivity (Wildman–Crippen MR) is 99.7 cm³/mol. The first-order valence-corrected chi connectivity index (χ1v) is 8.38. The molecule has 5 heteroatoms. The molecular weight excluding hydrogens is 320 g/mol. The van der Waals surface area contributed by atoms with E-state index in [4.69, 9.17) is 4.74 Å². The fourth-order valence-electron chi connectivity index (χ4n) is 2.45. The van der Waals surface area contributed by atoms with Gasteiger partial charge in [-0.15, -0.1) is 0 Å². The molecule has 2 aromatic carbocycles.